The molecule has 3 rings (SSSR count). The fraction of sp³-hybridized carbons (Fsp3) is 0.250. The van der Waals surface area contributed by atoms with Crippen molar-refractivity contribution in [2.75, 3.05) is 16.8 Å². The number of carbonyl (C=O) groups excluding carboxylic acids is 2. The van der Waals surface area contributed by atoms with Crippen molar-refractivity contribution in [3.8, 4) is 0 Å². The fourth-order valence-corrected chi connectivity index (χ4v) is 3.60. The van der Waals surface area contributed by atoms with Crippen LogP contribution in [0.3, 0.4) is 0 Å². The van der Waals surface area contributed by atoms with Crippen LogP contribution in [-0.4, -0.2) is 24.4 Å². The summed E-state index contributed by atoms with van der Waals surface area (Å²) < 4.78 is 0. The number of primary amides is 1. The minimum atomic E-state index is -0.531. The van der Waals surface area contributed by atoms with Gasteiger partial charge in [-0.25, -0.2) is 0 Å². The molecule has 6 heteroatoms. The summed E-state index contributed by atoms with van der Waals surface area (Å²) in [7, 11) is 0. The van der Waals surface area contributed by atoms with E-state index in [4.69, 9.17) is 5.73 Å². The first-order valence-corrected chi connectivity index (χ1v) is 7.96. The third-order valence-corrected chi connectivity index (χ3v) is 4.68. The van der Waals surface area contributed by atoms with Crippen molar-refractivity contribution >= 4 is 33.8 Å². The van der Waals surface area contributed by atoms with Gasteiger partial charge in [-0.15, -0.1) is 11.3 Å². The number of amides is 2. The summed E-state index contributed by atoms with van der Waals surface area (Å²) in [6.07, 6.45) is 0.939. The van der Waals surface area contributed by atoms with Gasteiger partial charge in [0.25, 0.3) is 5.91 Å². The highest BCUT2D eigenvalue weighted by Crippen LogP contribution is 2.31. The highest BCUT2D eigenvalue weighted by molar-refractivity contribution is 7.14. The summed E-state index contributed by atoms with van der Waals surface area (Å²) in [4.78, 5) is 25.7. The number of thiophene rings is 1. The number of rotatable bonds is 4. The number of nitrogens with one attached hydrogen (secondary N) is 1. The van der Waals surface area contributed by atoms with Gasteiger partial charge in [0, 0.05) is 11.7 Å². The van der Waals surface area contributed by atoms with Gasteiger partial charge in [-0.1, -0.05) is 18.2 Å². The number of para-hydroxylation sites is 1. The van der Waals surface area contributed by atoms with Gasteiger partial charge in [-0.05, 0) is 36.4 Å². The van der Waals surface area contributed by atoms with Crippen LogP contribution in [0.15, 0.2) is 35.7 Å². The highest BCUT2D eigenvalue weighted by atomic mass is 32.1. The molecule has 1 aliphatic rings. The molecule has 0 saturated heterocycles. The average molecular weight is 315 g/mol. The van der Waals surface area contributed by atoms with Crippen LogP contribution in [0.5, 0.6) is 0 Å². The van der Waals surface area contributed by atoms with Crippen LogP contribution >= 0.6 is 11.3 Å². The molecule has 0 fully saturated rings. The number of anilines is 2. The molecule has 1 aliphatic heterocycles. The second-order valence-corrected chi connectivity index (χ2v) is 6.30. The minimum Gasteiger partial charge on any atom is -0.366 e. The number of nitrogens with zero attached hydrogens (tertiary/aromatic N) is 1. The van der Waals surface area contributed by atoms with Crippen molar-refractivity contribution in [3.63, 3.8) is 0 Å². The molecule has 1 atom stereocenters. The Morgan fingerprint density at radius 2 is 2.14 bits per heavy atom. The summed E-state index contributed by atoms with van der Waals surface area (Å²) in [5.74, 6) is -0.676. The van der Waals surface area contributed by atoms with Crippen molar-refractivity contribution in [1.82, 2.24) is 0 Å². The van der Waals surface area contributed by atoms with Crippen LogP contribution in [0.1, 0.15) is 22.8 Å². The zero-order chi connectivity index (χ0) is 15.7. The van der Waals surface area contributed by atoms with E-state index >= 15 is 0 Å². The molecular weight excluding hydrogens is 298 g/mol. The van der Waals surface area contributed by atoms with Gasteiger partial charge in [-0.3, -0.25) is 9.59 Å². The van der Waals surface area contributed by atoms with E-state index in [0.29, 0.717) is 10.6 Å². The second kappa shape index (κ2) is 5.81. The lowest BCUT2D eigenvalue weighted by molar-refractivity contribution is -0.115. The molecule has 0 bridgehead atoms. The van der Waals surface area contributed by atoms with Gasteiger partial charge in [0.15, 0.2) is 0 Å². The topological polar surface area (TPSA) is 75.4 Å². The van der Waals surface area contributed by atoms with E-state index in [1.807, 2.05) is 18.2 Å². The van der Waals surface area contributed by atoms with E-state index < -0.39 is 5.91 Å². The summed E-state index contributed by atoms with van der Waals surface area (Å²) in [5.41, 5.74) is 8.01. The van der Waals surface area contributed by atoms with Crippen molar-refractivity contribution in [2.24, 2.45) is 5.73 Å². The van der Waals surface area contributed by atoms with E-state index in [1.165, 1.54) is 16.9 Å². The maximum Gasteiger partial charge on any atom is 0.251 e. The SMILES string of the molecule is CC1Cc2ccccc2N1CC(=O)Nc1sccc1C(N)=O. The molecule has 2 aromatic rings. The van der Waals surface area contributed by atoms with Crippen molar-refractivity contribution in [3.05, 3.63) is 46.8 Å². The quantitative estimate of drug-likeness (QED) is 0.908. The Kier molecular flexibility index (Phi) is 3.85. The van der Waals surface area contributed by atoms with Gasteiger partial charge >= 0.3 is 0 Å². The zero-order valence-corrected chi connectivity index (χ0v) is 13.0. The number of fused-ring (bicyclic) bond motifs is 1. The van der Waals surface area contributed by atoms with Gasteiger partial charge in [0.1, 0.15) is 5.00 Å². The van der Waals surface area contributed by atoms with Crippen LogP contribution in [0.25, 0.3) is 0 Å². The molecular formula is C16H17N3O2S. The predicted molar refractivity (Wildman–Crippen MR) is 88.4 cm³/mol. The molecule has 22 heavy (non-hydrogen) atoms. The molecule has 2 amide bonds. The molecule has 1 aromatic carbocycles. The van der Waals surface area contributed by atoms with E-state index in [0.717, 1.165) is 12.1 Å². The molecule has 1 aromatic heterocycles. The zero-order valence-electron chi connectivity index (χ0n) is 12.2. The predicted octanol–water partition coefficient (Wildman–Crippen LogP) is 2.24. The summed E-state index contributed by atoms with van der Waals surface area (Å²) in [6, 6.07) is 10.0. The molecule has 3 N–H and O–H groups in total. The first-order valence-electron chi connectivity index (χ1n) is 7.08. The van der Waals surface area contributed by atoms with Gasteiger partial charge < -0.3 is 16.0 Å². The molecule has 114 valence electrons. The van der Waals surface area contributed by atoms with Crippen molar-refractivity contribution < 1.29 is 9.59 Å². The standard InChI is InChI=1S/C16H17N3O2S/c1-10-8-11-4-2-3-5-13(11)19(10)9-14(20)18-16-12(15(17)21)6-7-22-16/h2-7,10H,8-9H2,1H3,(H2,17,21)(H,18,20). The summed E-state index contributed by atoms with van der Waals surface area (Å²) >= 11 is 1.30. The van der Waals surface area contributed by atoms with E-state index in [9.17, 15) is 9.59 Å². The Hall–Kier alpha value is -2.34. The minimum absolute atomic E-state index is 0.145. The third kappa shape index (κ3) is 2.69. The smallest absolute Gasteiger partial charge is 0.251 e. The van der Waals surface area contributed by atoms with E-state index in [1.54, 1.807) is 11.4 Å². The van der Waals surface area contributed by atoms with Crippen molar-refractivity contribution in [1.29, 1.82) is 0 Å². The molecule has 0 spiro atoms. The number of carbonyl (C=O) groups is 2. The Labute approximate surface area is 132 Å². The number of nitrogens with two attached hydrogens (primary N) is 1. The first-order chi connectivity index (χ1) is 10.6. The Balaban J connectivity index is 1.72. The Morgan fingerprint density at radius 3 is 2.91 bits per heavy atom. The Bertz CT molecular complexity index is 726. The van der Waals surface area contributed by atoms with E-state index in [2.05, 4.69) is 23.2 Å². The average Bonchev–Trinajstić information content (AvgIpc) is 3.04. The van der Waals surface area contributed by atoms with Gasteiger partial charge in [-0.2, -0.15) is 0 Å². The maximum atomic E-state index is 12.3. The van der Waals surface area contributed by atoms with E-state index in [-0.39, 0.29) is 18.5 Å². The number of hydrogen-bond acceptors (Lipinski definition) is 4. The molecule has 0 saturated carbocycles. The third-order valence-electron chi connectivity index (χ3n) is 3.85. The van der Waals surface area contributed by atoms with Crippen molar-refractivity contribution in [2.45, 2.75) is 19.4 Å². The molecule has 5 nitrogen and oxygen atoms in total. The maximum absolute atomic E-state index is 12.3. The largest absolute Gasteiger partial charge is 0.366 e. The molecule has 0 aliphatic carbocycles. The highest BCUT2D eigenvalue weighted by Gasteiger charge is 2.27. The van der Waals surface area contributed by atoms with Crippen LogP contribution in [0, 0.1) is 0 Å². The fourth-order valence-electron chi connectivity index (χ4n) is 2.79. The first kappa shape index (κ1) is 14.6. The van der Waals surface area contributed by atoms with Crippen LogP contribution in [-0.2, 0) is 11.2 Å². The van der Waals surface area contributed by atoms with Crippen LogP contribution in [0.4, 0.5) is 10.7 Å². The normalized spacial score (nSPS) is 16.4. The number of hydrogen-bond donors (Lipinski definition) is 2. The van der Waals surface area contributed by atoms with Crippen LogP contribution in [0.2, 0.25) is 0 Å². The number of benzene rings is 1. The lowest BCUT2D eigenvalue weighted by atomic mass is 10.1. The van der Waals surface area contributed by atoms with Gasteiger partial charge in [0.2, 0.25) is 5.91 Å². The lowest BCUT2D eigenvalue weighted by Gasteiger charge is -2.24. The van der Waals surface area contributed by atoms with Crippen LogP contribution < -0.4 is 16.0 Å². The molecule has 0 radical (unpaired) electrons. The monoisotopic (exact) mass is 315 g/mol. The van der Waals surface area contributed by atoms with Gasteiger partial charge in [0.05, 0.1) is 12.1 Å². The summed E-state index contributed by atoms with van der Waals surface area (Å²) in [5, 5.41) is 5.04. The molecule has 2 heterocycles. The second-order valence-electron chi connectivity index (χ2n) is 5.39. The Morgan fingerprint density at radius 1 is 1.36 bits per heavy atom. The lowest BCUT2D eigenvalue weighted by Crippen LogP contribution is -2.37. The molecule has 1 unspecified atom stereocenters. The summed E-state index contributed by atoms with van der Waals surface area (Å²) in [6.45, 7) is 2.36.